The molecule has 1 spiro atoms. The molecule has 8 rings (SSSR count). The summed E-state index contributed by atoms with van der Waals surface area (Å²) in [6, 6.07) is 0. The maximum Gasteiger partial charge on any atom is 0.341 e. The van der Waals surface area contributed by atoms with E-state index < -0.39 is 64.5 Å². The minimum atomic E-state index is -1.91. The van der Waals surface area contributed by atoms with Crippen LogP contribution >= 0.6 is 0 Å². The van der Waals surface area contributed by atoms with Gasteiger partial charge in [0.25, 0.3) is 0 Å². The van der Waals surface area contributed by atoms with Crippen molar-refractivity contribution in [3.63, 3.8) is 0 Å². The smallest absolute Gasteiger partial charge is 0.341 e. The fourth-order valence-corrected chi connectivity index (χ4v) is 12.6. The number of aliphatic hydroxyl groups is 2. The van der Waals surface area contributed by atoms with Gasteiger partial charge in [-0.1, -0.05) is 20.8 Å². The summed E-state index contributed by atoms with van der Waals surface area (Å²) in [4.78, 5) is 38.9. The summed E-state index contributed by atoms with van der Waals surface area (Å²) in [6.07, 6.45) is 1.13. The van der Waals surface area contributed by atoms with Crippen LogP contribution in [-0.2, 0) is 38.1 Å². The van der Waals surface area contributed by atoms with Crippen molar-refractivity contribution in [2.45, 2.75) is 122 Å². The molecular weight excluding hydrogens is 544 g/mol. The van der Waals surface area contributed by atoms with Crippen LogP contribution in [-0.4, -0.2) is 76.1 Å². The Hall–Kier alpha value is -1.75. The van der Waals surface area contributed by atoms with E-state index >= 15 is 0 Å². The molecule has 2 unspecified atom stereocenters. The summed E-state index contributed by atoms with van der Waals surface area (Å²) >= 11 is 0. The average molecular weight is 589 g/mol. The predicted octanol–water partition coefficient (Wildman–Crippen LogP) is 2.36. The third-order valence-corrected chi connectivity index (χ3v) is 14.5. The number of fused-ring (bicyclic) bond motifs is 9. The fraction of sp³-hybridized carbons (Fsp3) is 0.906. The molecule has 0 aromatic heterocycles. The molecule has 8 aliphatic rings. The molecule has 18 atom stereocenters. The van der Waals surface area contributed by atoms with Crippen molar-refractivity contribution in [3.05, 3.63) is 0 Å². The second kappa shape index (κ2) is 7.90. The summed E-state index contributed by atoms with van der Waals surface area (Å²) in [7, 11) is 0. The molecule has 0 aromatic rings. The van der Waals surface area contributed by atoms with Crippen LogP contribution in [0.1, 0.15) is 74.1 Å². The van der Waals surface area contributed by atoms with Crippen molar-refractivity contribution >= 4 is 17.9 Å². The molecule has 0 radical (unpaired) electrons. The number of ether oxygens (including phenoxy) is 5. The Kier molecular flexibility index (Phi) is 5.23. The monoisotopic (exact) mass is 588 g/mol. The molecule has 3 heterocycles. The number of rotatable bonds is 2. The van der Waals surface area contributed by atoms with E-state index in [1.54, 1.807) is 0 Å². The summed E-state index contributed by atoms with van der Waals surface area (Å²) in [6.45, 7) is 12.6. The first-order valence-corrected chi connectivity index (χ1v) is 15.9. The van der Waals surface area contributed by atoms with E-state index in [4.69, 9.17) is 23.7 Å². The van der Waals surface area contributed by atoms with Gasteiger partial charge in [-0.05, 0) is 74.5 Å². The van der Waals surface area contributed by atoms with Crippen LogP contribution in [0.25, 0.3) is 0 Å². The minimum Gasteiger partial charge on any atom is -0.462 e. The zero-order chi connectivity index (χ0) is 30.1. The van der Waals surface area contributed by atoms with E-state index in [1.807, 2.05) is 6.92 Å². The second-order valence-electron chi connectivity index (χ2n) is 15.9. The average Bonchev–Trinajstić information content (AvgIpc) is 3.77. The summed E-state index contributed by atoms with van der Waals surface area (Å²) in [5.74, 6) is -4.23. The Morgan fingerprint density at radius 2 is 1.64 bits per heavy atom. The molecule has 232 valence electrons. The molecule has 10 heteroatoms. The number of carbonyl (C=O) groups excluding carboxylic acids is 3. The molecule has 3 saturated heterocycles. The van der Waals surface area contributed by atoms with Gasteiger partial charge in [-0.3, -0.25) is 9.59 Å². The van der Waals surface area contributed by atoms with Gasteiger partial charge in [0.2, 0.25) is 5.79 Å². The molecule has 10 nitrogen and oxygen atoms in total. The SMILES string of the molecule is CC(=O)O[C@H]1[C@@H]2[C@H]([C@H](C)[C@H]3O[C@]34OC(=O)[C@@](C)(O)[C@]24C)[C@@]2(C)[C@@H](OC(C)=O)CC3C([C@H]12)[C@@H](O)C[C@H]1C[C@@H]2O[C@@H]2C[C@]31C. The maximum absolute atomic E-state index is 13.3. The number of aliphatic hydroxyl groups excluding tert-OH is 1. The van der Waals surface area contributed by atoms with Gasteiger partial charge >= 0.3 is 17.9 Å². The van der Waals surface area contributed by atoms with Crippen molar-refractivity contribution in [1.29, 1.82) is 0 Å². The first-order valence-electron chi connectivity index (χ1n) is 15.9. The fourth-order valence-electron chi connectivity index (χ4n) is 12.6. The standard InChI is InChI=1S/C32H44O10/c1-12-22-24(30(6)31(7,37)27(36)42-32(30)26(12)41-32)25(39-14(3)34)23-21-16(10-20(29(22,23)5)38-13(2)33)28(4)11-19-18(40-19)9-15(28)8-17(21)35/h12,15-26,35,37H,8-11H2,1-7H3/t12-,15-,16?,17-,18-,19+,20-,21?,22-,23+,24-,25+,26+,28-,29+,30-,31+,32-/m0/s1. The third-order valence-electron chi connectivity index (χ3n) is 14.5. The zero-order valence-electron chi connectivity index (χ0n) is 25.5. The van der Waals surface area contributed by atoms with Gasteiger partial charge in [0.1, 0.15) is 18.3 Å². The largest absolute Gasteiger partial charge is 0.462 e. The lowest BCUT2D eigenvalue weighted by molar-refractivity contribution is -0.223. The van der Waals surface area contributed by atoms with Crippen LogP contribution in [0, 0.1) is 57.7 Å². The molecule has 8 fully saturated rings. The number of hydrogen-bond acceptors (Lipinski definition) is 10. The highest BCUT2D eigenvalue weighted by atomic mass is 16.8. The lowest BCUT2D eigenvalue weighted by atomic mass is 9.42. The lowest BCUT2D eigenvalue weighted by Crippen LogP contribution is -2.64. The highest BCUT2D eigenvalue weighted by Gasteiger charge is 2.92. The van der Waals surface area contributed by atoms with Crippen molar-refractivity contribution in [2.24, 2.45) is 57.7 Å². The summed E-state index contributed by atoms with van der Waals surface area (Å²) in [5.41, 5.74) is -4.04. The zero-order valence-corrected chi connectivity index (χ0v) is 25.5. The molecule has 2 N–H and O–H groups in total. The maximum atomic E-state index is 13.3. The van der Waals surface area contributed by atoms with Gasteiger partial charge in [0.15, 0.2) is 5.60 Å². The topological polar surface area (TPSA) is 144 Å². The number of carbonyl (C=O) groups is 3. The Morgan fingerprint density at radius 1 is 0.952 bits per heavy atom. The molecule has 42 heavy (non-hydrogen) atoms. The quantitative estimate of drug-likeness (QED) is 0.280. The van der Waals surface area contributed by atoms with Crippen LogP contribution in [0.2, 0.25) is 0 Å². The Morgan fingerprint density at radius 3 is 2.31 bits per heavy atom. The number of hydrogen-bond donors (Lipinski definition) is 2. The van der Waals surface area contributed by atoms with E-state index in [0.29, 0.717) is 12.8 Å². The second-order valence-corrected chi connectivity index (χ2v) is 15.9. The van der Waals surface area contributed by atoms with Crippen LogP contribution in [0.4, 0.5) is 0 Å². The number of epoxide rings is 2. The van der Waals surface area contributed by atoms with Crippen LogP contribution in [0.3, 0.4) is 0 Å². The minimum absolute atomic E-state index is 0.00173. The normalized spacial score (nSPS) is 63.0. The van der Waals surface area contributed by atoms with Crippen LogP contribution in [0.5, 0.6) is 0 Å². The van der Waals surface area contributed by atoms with Crippen LogP contribution in [0.15, 0.2) is 0 Å². The summed E-state index contributed by atoms with van der Waals surface area (Å²) < 4.78 is 30.7. The Balaban J connectivity index is 1.34. The van der Waals surface area contributed by atoms with E-state index in [1.165, 1.54) is 20.8 Å². The molecule has 5 saturated carbocycles. The van der Waals surface area contributed by atoms with Crippen molar-refractivity contribution in [3.8, 4) is 0 Å². The van der Waals surface area contributed by atoms with Gasteiger partial charge in [-0.15, -0.1) is 0 Å². The number of esters is 3. The van der Waals surface area contributed by atoms with Crippen molar-refractivity contribution in [2.75, 3.05) is 0 Å². The third kappa shape index (κ3) is 2.90. The Labute approximate surface area is 246 Å². The highest BCUT2D eigenvalue weighted by Crippen LogP contribution is 2.81. The Bertz CT molecular complexity index is 1280. The van der Waals surface area contributed by atoms with E-state index in [9.17, 15) is 24.6 Å². The van der Waals surface area contributed by atoms with E-state index in [-0.39, 0.29) is 59.1 Å². The molecule has 0 bridgehead atoms. The molecular formula is C32H44O10. The molecule has 3 aliphatic heterocycles. The van der Waals surface area contributed by atoms with Crippen molar-refractivity contribution < 1.29 is 48.3 Å². The van der Waals surface area contributed by atoms with Crippen LogP contribution < -0.4 is 0 Å². The molecule has 0 aromatic carbocycles. The highest BCUT2D eigenvalue weighted by molar-refractivity contribution is 5.84. The van der Waals surface area contributed by atoms with Gasteiger partial charge < -0.3 is 33.9 Å². The van der Waals surface area contributed by atoms with Crippen molar-refractivity contribution in [1.82, 2.24) is 0 Å². The summed E-state index contributed by atoms with van der Waals surface area (Å²) in [5, 5.41) is 23.9. The van der Waals surface area contributed by atoms with Gasteiger partial charge in [0.05, 0.1) is 23.7 Å². The van der Waals surface area contributed by atoms with E-state index in [2.05, 4.69) is 20.8 Å². The predicted molar refractivity (Wildman–Crippen MR) is 143 cm³/mol. The first-order chi connectivity index (χ1) is 19.5. The van der Waals surface area contributed by atoms with Gasteiger partial charge in [0, 0.05) is 31.1 Å². The van der Waals surface area contributed by atoms with Gasteiger partial charge in [-0.2, -0.15) is 0 Å². The van der Waals surface area contributed by atoms with Gasteiger partial charge in [-0.25, -0.2) is 4.79 Å². The first kappa shape index (κ1) is 27.8. The molecule has 5 aliphatic carbocycles. The molecule has 0 amide bonds. The lowest BCUT2D eigenvalue weighted by Gasteiger charge is -2.63. The van der Waals surface area contributed by atoms with E-state index in [0.717, 1.165) is 12.8 Å².